The molecule has 6 nitrogen and oxygen atoms in total. The minimum absolute atomic E-state index is 0.172. The topological polar surface area (TPSA) is 96.5 Å². The van der Waals surface area contributed by atoms with Gasteiger partial charge in [0.2, 0.25) is 0 Å². The molecule has 0 spiro atoms. The molecule has 0 aliphatic rings. The van der Waals surface area contributed by atoms with E-state index in [-0.39, 0.29) is 11.3 Å². The number of rotatable bonds is 7. The zero-order valence-corrected chi connectivity index (χ0v) is 12.8. The van der Waals surface area contributed by atoms with Gasteiger partial charge in [0.1, 0.15) is 10.6 Å². The lowest BCUT2D eigenvalue weighted by Crippen LogP contribution is -2.05. The maximum absolute atomic E-state index is 10.8. The van der Waals surface area contributed by atoms with Crippen molar-refractivity contribution in [2.75, 3.05) is 0 Å². The summed E-state index contributed by atoms with van der Waals surface area (Å²) < 4.78 is 5.17. The number of carboxylic acids is 1. The van der Waals surface area contributed by atoms with E-state index in [1.807, 2.05) is 0 Å². The molecule has 2 N–H and O–H groups in total. The second kappa shape index (κ2) is 6.82. The van der Waals surface area contributed by atoms with Crippen LogP contribution in [0.2, 0.25) is 0 Å². The predicted octanol–water partition coefficient (Wildman–Crippen LogP) is 2.76. The molecule has 114 valence electrons. The van der Waals surface area contributed by atoms with Gasteiger partial charge in [-0.2, -0.15) is 0 Å². The molecular formula is C14H18N2O4S. The maximum atomic E-state index is 10.8. The third-order valence-corrected chi connectivity index (χ3v) is 4.22. The molecule has 0 radical (unpaired) electrons. The Hall–Kier alpha value is -1.73. The van der Waals surface area contributed by atoms with Crippen LogP contribution in [0, 0.1) is 6.92 Å². The minimum atomic E-state index is -1.00. The summed E-state index contributed by atoms with van der Waals surface area (Å²) in [5.74, 6) is -0.401. The first-order chi connectivity index (χ1) is 10.0. The summed E-state index contributed by atoms with van der Waals surface area (Å²) in [4.78, 5) is 15.0. The highest BCUT2D eigenvalue weighted by molar-refractivity contribution is 7.13. The van der Waals surface area contributed by atoms with Crippen molar-refractivity contribution in [1.82, 2.24) is 10.1 Å². The smallest absolute Gasteiger partial charge is 0.347 e. The van der Waals surface area contributed by atoms with Gasteiger partial charge in [-0.1, -0.05) is 18.5 Å². The number of carbonyl (C=O) groups is 1. The van der Waals surface area contributed by atoms with E-state index < -0.39 is 12.1 Å². The Kier molecular flexibility index (Phi) is 5.08. The summed E-state index contributed by atoms with van der Waals surface area (Å²) >= 11 is 1.07. The van der Waals surface area contributed by atoms with Gasteiger partial charge in [0.05, 0.1) is 23.0 Å². The second-order valence-corrected chi connectivity index (χ2v) is 5.96. The number of aliphatic hydroxyl groups is 1. The van der Waals surface area contributed by atoms with Crippen molar-refractivity contribution in [3.8, 4) is 0 Å². The normalized spacial score (nSPS) is 12.5. The zero-order valence-electron chi connectivity index (χ0n) is 12.0. The van der Waals surface area contributed by atoms with Crippen LogP contribution in [0.4, 0.5) is 0 Å². The van der Waals surface area contributed by atoms with Crippen molar-refractivity contribution in [2.24, 2.45) is 0 Å². The highest BCUT2D eigenvalue weighted by Crippen LogP contribution is 2.27. The van der Waals surface area contributed by atoms with Gasteiger partial charge in [-0.05, 0) is 19.8 Å². The number of aromatic carboxylic acids is 1. The average Bonchev–Trinajstić information content (AvgIpc) is 3.03. The predicted molar refractivity (Wildman–Crippen MR) is 77.6 cm³/mol. The average molecular weight is 310 g/mol. The first kappa shape index (κ1) is 15.7. The van der Waals surface area contributed by atoms with Crippen molar-refractivity contribution in [3.05, 3.63) is 33.1 Å². The number of thiazole rings is 1. The monoisotopic (exact) mass is 310 g/mol. The summed E-state index contributed by atoms with van der Waals surface area (Å²) in [5.41, 5.74) is 1.48. The van der Waals surface area contributed by atoms with Crippen LogP contribution < -0.4 is 0 Å². The van der Waals surface area contributed by atoms with Gasteiger partial charge in [0.25, 0.3) is 0 Å². The molecule has 0 saturated heterocycles. The van der Waals surface area contributed by atoms with E-state index in [1.165, 1.54) is 6.20 Å². The maximum Gasteiger partial charge on any atom is 0.347 e. The van der Waals surface area contributed by atoms with Gasteiger partial charge >= 0.3 is 5.97 Å². The summed E-state index contributed by atoms with van der Waals surface area (Å²) in [6, 6.07) is 0. The van der Waals surface area contributed by atoms with Crippen LogP contribution in [0.3, 0.4) is 0 Å². The number of hydrogen-bond acceptors (Lipinski definition) is 6. The summed E-state index contributed by atoms with van der Waals surface area (Å²) in [7, 11) is 0. The van der Waals surface area contributed by atoms with Crippen molar-refractivity contribution in [2.45, 2.75) is 45.6 Å². The Morgan fingerprint density at radius 2 is 2.29 bits per heavy atom. The SMILES string of the molecule is CCCCc1noc(C)c1C(O)Cc1ncc(C(=O)O)s1. The second-order valence-electron chi connectivity index (χ2n) is 4.85. The minimum Gasteiger partial charge on any atom is -0.477 e. The summed E-state index contributed by atoms with van der Waals surface area (Å²) in [6.45, 7) is 3.86. The molecule has 2 aromatic rings. The number of unbranched alkanes of at least 4 members (excludes halogenated alkanes) is 1. The lowest BCUT2D eigenvalue weighted by molar-refractivity contribution is 0.0702. The lowest BCUT2D eigenvalue weighted by atomic mass is 10.0. The van der Waals surface area contributed by atoms with Crippen LogP contribution >= 0.6 is 11.3 Å². The van der Waals surface area contributed by atoms with Crippen molar-refractivity contribution in [1.29, 1.82) is 0 Å². The fourth-order valence-corrected chi connectivity index (χ4v) is 2.94. The molecule has 2 heterocycles. The number of aromatic nitrogens is 2. The number of nitrogens with zero attached hydrogens (tertiary/aromatic N) is 2. The van der Waals surface area contributed by atoms with Crippen LogP contribution in [-0.2, 0) is 12.8 Å². The molecule has 0 aliphatic heterocycles. The van der Waals surface area contributed by atoms with Gasteiger partial charge in [0, 0.05) is 12.0 Å². The molecule has 0 saturated carbocycles. The van der Waals surface area contributed by atoms with Crippen LogP contribution in [0.15, 0.2) is 10.7 Å². The van der Waals surface area contributed by atoms with Crippen molar-refractivity contribution < 1.29 is 19.5 Å². The van der Waals surface area contributed by atoms with Gasteiger partial charge < -0.3 is 14.7 Å². The Morgan fingerprint density at radius 3 is 2.90 bits per heavy atom. The Morgan fingerprint density at radius 1 is 1.52 bits per heavy atom. The van der Waals surface area contributed by atoms with E-state index in [4.69, 9.17) is 9.63 Å². The van der Waals surface area contributed by atoms with Crippen LogP contribution in [0.5, 0.6) is 0 Å². The number of carboxylic acid groups (broad SMARTS) is 1. The molecule has 0 bridgehead atoms. The molecular weight excluding hydrogens is 292 g/mol. The molecule has 7 heteroatoms. The first-order valence-corrected chi connectivity index (χ1v) is 7.65. The van der Waals surface area contributed by atoms with E-state index in [1.54, 1.807) is 6.92 Å². The van der Waals surface area contributed by atoms with Gasteiger partial charge in [0.15, 0.2) is 0 Å². The van der Waals surface area contributed by atoms with Gasteiger partial charge in [-0.25, -0.2) is 9.78 Å². The molecule has 2 aromatic heterocycles. The molecule has 1 unspecified atom stereocenters. The summed E-state index contributed by atoms with van der Waals surface area (Å²) in [6.07, 6.45) is 3.57. The molecule has 21 heavy (non-hydrogen) atoms. The zero-order chi connectivity index (χ0) is 15.4. The molecule has 0 amide bonds. The van der Waals surface area contributed by atoms with Gasteiger partial charge in [-0.3, -0.25) is 0 Å². The van der Waals surface area contributed by atoms with Crippen molar-refractivity contribution >= 4 is 17.3 Å². The molecule has 2 rings (SSSR count). The van der Waals surface area contributed by atoms with Gasteiger partial charge in [-0.15, -0.1) is 11.3 Å². The van der Waals surface area contributed by atoms with E-state index in [2.05, 4.69) is 17.1 Å². The fourth-order valence-electron chi connectivity index (χ4n) is 2.15. The highest BCUT2D eigenvalue weighted by atomic mass is 32.1. The largest absolute Gasteiger partial charge is 0.477 e. The first-order valence-electron chi connectivity index (χ1n) is 6.84. The molecule has 1 atom stereocenters. The van der Waals surface area contributed by atoms with Crippen LogP contribution in [0.1, 0.15) is 57.6 Å². The standard InChI is InChI=1S/C14H18N2O4S/c1-3-4-5-9-13(8(2)20-16-9)10(17)6-12-15-7-11(21-12)14(18)19/h7,10,17H,3-6H2,1-2H3,(H,18,19). The van der Waals surface area contributed by atoms with Crippen molar-refractivity contribution in [3.63, 3.8) is 0 Å². The molecule has 0 aliphatic carbocycles. The number of aliphatic hydroxyl groups excluding tert-OH is 1. The Bertz CT molecular complexity index is 620. The van der Waals surface area contributed by atoms with E-state index >= 15 is 0 Å². The number of aryl methyl sites for hydroxylation is 2. The van der Waals surface area contributed by atoms with E-state index in [0.29, 0.717) is 16.3 Å². The lowest BCUT2D eigenvalue weighted by Gasteiger charge is -2.09. The number of hydrogen-bond donors (Lipinski definition) is 2. The van der Waals surface area contributed by atoms with E-state index in [9.17, 15) is 9.90 Å². The van der Waals surface area contributed by atoms with Crippen LogP contribution in [0.25, 0.3) is 0 Å². The van der Waals surface area contributed by atoms with Crippen LogP contribution in [-0.4, -0.2) is 26.3 Å². The third-order valence-electron chi connectivity index (χ3n) is 3.22. The highest BCUT2D eigenvalue weighted by Gasteiger charge is 2.22. The molecule has 0 fully saturated rings. The Labute approximate surface area is 126 Å². The molecule has 0 aromatic carbocycles. The quantitative estimate of drug-likeness (QED) is 0.816. The van der Waals surface area contributed by atoms with E-state index in [0.717, 1.165) is 36.3 Å². The fraction of sp³-hybridized carbons (Fsp3) is 0.500. The Balaban J connectivity index is 2.13. The summed E-state index contributed by atoms with van der Waals surface area (Å²) in [5, 5.41) is 23.9. The third kappa shape index (κ3) is 3.68.